The molecule has 0 saturated heterocycles. The fourth-order valence-corrected chi connectivity index (χ4v) is 18.4. The van der Waals surface area contributed by atoms with Gasteiger partial charge in [0.05, 0.1) is 16.1 Å². The first kappa shape index (κ1) is 49.6. The topological polar surface area (TPSA) is 32.8 Å². The molecule has 0 unspecified atom stereocenters. The quantitative estimate of drug-likeness (QED) is 0.128. The van der Waals surface area contributed by atoms with Gasteiger partial charge in [-0.3, -0.25) is 0 Å². The van der Waals surface area contributed by atoms with Crippen molar-refractivity contribution in [1.82, 2.24) is 0 Å². The van der Waals surface area contributed by atoms with E-state index in [1.165, 1.54) is 103 Å². The van der Waals surface area contributed by atoms with Crippen molar-refractivity contribution in [3.05, 3.63) is 230 Å². The molecule has 17 rings (SSSR count). The van der Waals surface area contributed by atoms with E-state index in [4.69, 9.17) is 8.83 Å². The zero-order valence-electron chi connectivity index (χ0n) is 47.8. The van der Waals surface area contributed by atoms with Gasteiger partial charge in [-0.1, -0.05) is 171 Å². The third-order valence-electron chi connectivity index (χ3n) is 19.7. The highest BCUT2D eigenvalue weighted by Gasteiger charge is 2.62. The number of hydrogen-bond donors (Lipinski definition) is 0. The minimum absolute atomic E-state index is 0.0714. The van der Waals surface area contributed by atoms with Gasteiger partial charge in [-0.2, -0.15) is 0 Å². The minimum Gasteiger partial charge on any atom is -0.456 e. The van der Waals surface area contributed by atoms with E-state index in [0.29, 0.717) is 11.8 Å². The minimum atomic E-state index is -1.64. The standard InChI is InChI=1S/C76H68N2O2Si2/c1-81(2,3)62-27-15-25-58(42-62)77(56-23-13-21-52(40-56)50-17-9-7-10-18-50)60-30-32-65-67-46-70-68(47-73(67)79-71(65)44-60)74-69(76(70)54-36-48-35-49(38-54)39-55(76)37-48)34-33-66-64-31-29-61(45-72(64)80-75(66)74)78(59-26-16-28-63(43-59)82(4,5)6)57-24-14-22-53(41-57)51-19-11-8-12-20-51/h7-34,40-49,54-55H,35-39H2,1-6H3. The van der Waals surface area contributed by atoms with Crippen LogP contribution in [0.15, 0.2) is 227 Å². The van der Waals surface area contributed by atoms with Gasteiger partial charge in [0.1, 0.15) is 22.3 Å². The second-order valence-corrected chi connectivity index (χ2v) is 36.8. The molecule has 0 radical (unpaired) electrons. The largest absolute Gasteiger partial charge is 0.456 e. The van der Waals surface area contributed by atoms with Gasteiger partial charge in [-0.25, -0.2) is 0 Å². The molecule has 4 bridgehead atoms. The van der Waals surface area contributed by atoms with E-state index in [-0.39, 0.29) is 5.41 Å². The van der Waals surface area contributed by atoms with Crippen molar-refractivity contribution in [1.29, 1.82) is 0 Å². The summed E-state index contributed by atoms with van der Waals surface area (Å²) in [4.78, 5) is 4.86. The number of nitrogens with zero attached hydrogens (tertiary/aromatic N) is 2. The number of hydrogen-bond acceptors (Lipinski definition) is 4. The Labute approximate surface area is 483 Å². The Morgan fingerprint density at radius 3 is 1.32 bits per heavy atom. The SMILES string of the molecule is C[Si](C)(C)c1cccc(N(c2cccc(-c3ccccc3)c2)c2ccc3c(c2)oc2cc4c(cc23)C2(c3ccc5c(oc6cc(N(c7cccc(-c8ccccc8)c7)c7cccc([Si](C)(C)C)c7)ccc65)c3-4)C3CC4CC(C3)CC2C4)c1. The van der Waals surface area contributed by atoms with Crippen molar-refractivity contribution in [2.45, 2.75) is 76.8 Å². The molecule has 402 valence electrons. The number of furan rings is 2. The maximum absolute atomic E-state index is 7.48. The summed E-state index contributed by atoms with van der Waals surface area (Å²) in [6.45, 7) is 14.6. The molecule has 5 aliphatic rings. The van der Waals surface area contributed by atoms with Crippen molar-refractivity contribution < 1.29 is 8.83 Å². The lowest BCUT2D eigenvalue weighted by molar-refractivity contribution is -0.0398. The van der Waals surface area contributed by atoms with Crippen LogP contribution in [0.3, 0.4) is 0 Å². The van der Waals surface area contributed by atoms with Gasteiger partial charge in [-0.05, 0) is 180 Å². The molecule has 1 spiro atoms. The Morgan fingerprint density at radius 2 is 0.793 bits per heavy atom. The molecule has 10 aromatic carbocycles. The van der Waals surface area contributed by atoms with Crippen LogP contribution in [0.25, 0.3) is 77.3 Å². The van der Waals surface area contributed by atoms with E-state index in [1.54, 1.807) is 0 Å². The highest BCUT2D eigenvalue weighted by Crippen LogP contribution is 2.70. The lowest BCUT2D eigenvalue weighted by atomic mass is 9.43. The first-order valence-corrected chi connectivity index (χ1v) is 37.0. The van der Waals surface area contributed by atoms with Crippen LogP contribution in [0.5, 0.6) is 0 Å². The molecule has 12 aromatic rings. The average Bonchev–Trinajstić information content (AvgIpc) is 2.11. The smallest absolute Gasteiger partial charge is 0.143 e. The van der Waals surface area contributed by atoms with Crippen molar-refractivity contribution in [2.24, 2.45) is 23.7 Å². The van der Waals surface area contributed by atoms with Crippen LogP contribution in [0.1, 0.15) is 43.2 Å². The van der Waals surface area contributed by atoms with Crippen molar-refractivity contribution >= 4 is 105 Å². The second-order valence-electron chi connectivity index (χ2n) is 26.6. The molecule has 4 saturated carbocycles. The van der Waals surface area contributed by atoms with E-state index in [9.17, 15) is 0 Å². The van der Waals surface area contributed by atoms with E-state index in [2.05, 4.69) is 267 Å². The maximum atomic E-state index is 7.48. The lowest BCUT2D eigenvalue weighted by Gasteiger charge is -2.61. The van der Waals surface area contributed by atoms with Gasteiger partial charge in [0.15, 0.2) is 0 Å². The zero-order valence-corrected chi connectivity index (χ0v) is 49.8. The van der Waals surface area contributed by atoms with Crippen molar-refractivity contribution in [3.63, 3.8) is 0 Å². The summed E-state index contributed by atoms with van der Waals surface area (Å²) in [5.41, 5.74) is 20.7. The first-order chi connectivity index (χ1) is 39.8. The summed E-state index contributed by atoms with van der Waals surface area (Å²) >= 11 is 0. The fourth-order valence-electron chi connectivity index (χ4n) is 16.1. The molecular formula is C76H68N2O2Si2. The molecule has 4 fully saturated rings. The van der Waals surface area contributed by atoms with Crippen LogP contribution < -0.4 is 20.2 Å². The van der Waals surface area contributed by atoms with E-state index in [1.807, 2.05) is 0 Å². The number of anilines is 6. The average molecular weight is 1100 g/mol. The van der Waals surface area contributed by atoms with Crippen LogP contribution in [-0.2, 0) is 5.41 Å². The number of fused-ring (bicyclic) bond motifs is 10. The molecule has 2 aromatic heterocycles. The molecule has 6 heteroatoms. The molecule has 0 aliphatic heterocycles. The first-order valence-electron chi connectivity index (χ1n) is 30.0. The Balaban J connectivity index is 0.868. The highest BCUT2D eigenvalue weighted by molar-refractivity contribution is 6.89. The van der Waals surface area contributed by atoms with Gasteiger partial charge in [0.2, 0.25) is 0 Å². The van der Waals surface area contributed by atoms with Crippen molar-refractivity contribution in [3.8, 4) is 33.4 Å². The van der Waals surface area contributed by atoms with Crippen LogP contribution in [0.2, 0.25) is 39.3 Å². The molecule has 0 atom stereocenters. The maximum Gasteiger partial charge on any atom is 0.143 e. The van der Waals surface area contributed by atoms with Crippen LogP contribution in [-0.4, -0.2) is 16.1 Å². The molecule has 0 amide bonds. The Hall–Kier alpha value is -8.17. The summed E-state index contributed by atoms with van der Waals surface area (Å²) in [5, 5.41) is 7.56. The zero-order chi connectivity index (χ0) is 55.2. The summed E-state index contributed by atoms with van der Waals surface area (Å²) < 4.78 is 14.7. The predicted molar refractivity (Wildman–Crippen MR) is 350 cm³/mol. The van der Waals surface area contributed by atoms with E-state index in [0.717, 1.165) is 73.7 Å². The third kappa shape index (κ3) is 7.81. The summed E-state index contributed by atoms with van der Waals surface area (Å²) in [6.07, 6.45) is 6.64. The molecule has 2 heterocycles. The normalized spacial score (nSPS) is 19.9. The number of benzene rings is 10. The molecule has 0 N–H and O–H groups in total. The lowest BCUT2D eigenvalue weighted by Crippen LogP contribution is -2.55. The summed E-state index contributed by atoms with van der Waals surface area (Å²) in [5.74, 6) is 2.85. The van der Waals surface area contributed by atoms with E-state index >= 15 is 0 Å². The summed E-state index contributed by atoms with van der Waals surface area (Å²) in [7, 11) is -3.28. The van der Waals surface area contributed by atoms with Gasteiger partial charge in [-0.15, -0.1) is 0 Å². The highest BCUT2D eigenvalue weighted by atomic mass is 28.3. The molecule has 82 heavy (non-hydrogen) atoms. The molecule has 5 aliphatic carbocycles. The van der Waals surface area contributed by atoms with Crippen LogP contribution in [0, 0.1) is 23.7 Å². The Kier molecular flexibility index (Phi) is 11.2. The Morgan fingerprint density at radius 1 is 0.354 bits per heavy atom. The van der Waals surface area contributed by atoms with Crippen LogP contribution in [0.4, 0.5) is 34.1 Å². The van der Waals surface area contributed by atoms with Gasteiger partial charge in [0, 0.05) is 78.8 Å². The molecule has 4 nitrogen and oxygen atoms in total. The van der Waals surface area contributed by atoms with Crippen molar-refractivity contribution in [2.75, 3.05) is 9.80 Å². The second kappa shape index (κ2) is 18.4. The summed E-state index contributed by atoms with van der Waals surface area (Å²) in [6, 6.07) is 81.8. The van der Waals surface area contributed by atoms with Gasteiger partial charge >= 0.3 is 0 Å². The third-order valence-corrected chi connectivity index (χ3v) is 23.8. The molecular weight excluding hydrogens is 1030 g/mol. The van der Waals surface area contributed by atoms with Gasteiger partial charge in [0.25, 0.3) is 0 Å². The Bertz CT molecular complexity index is 4490. The number of rotatable bonds is 10. The fraction of sp³-hybridized carbons (Fsp3) is 0.211. The van der Waals surface area contributed by atoms with Crippen LogP contribution >= 0.6 is 0 Å². The van der Waals surface area contributed by atoms with Gasteiger partial charge < -0.3 is 18.6 Å². The monoisotopic (exact) mass is 1100 g/mol. The predicted octanol–water partition coefficient (Wildman–Crippen LogP) is 20.6. The van der Waals surface area contributed by atoms with E-state index < -0.39 is 16.1 Å².